The molecule has 0 saturated carbocycles. The number of hydrogen-bond donors (Lipinski definition) is 1. The number of fused-ring (bicyclic) bond motifs is 2. The zero-order valence-electron chi connectivity index (χ0n) is 9.66. The fourth-order valence-electron chi connectivity index (χ4n) is 2.22. The molecule has 0 aromatic heterocycles. The van der Waals surface area contributed by atoms with Crippen molar-refractivity contribution in [3.05, 3.63) is 58.9 Å². The van der Waals surface area contributed by atoms with Gasteiger partial charge in [-0.05, 0) is 12.1 Å². The molecule has 2 aromatic carbocycles. The Hall–Kier alpha value is -2.01. The normalized spacial score (nSPS) is 17.2. The van der Waals surface area contributed by atoms with Gasteiger partial charge in [0.15, 0.2) is 0 Å². The first kappa shape index (κ1) is 12.0. The fraction of sp³-hybridized carbons (Fsp3) is 0.143. The third kappa shape index (κ3) is 1.96. The van der Waals surface area contributed by atoms with E-state index in [1.165, 1.54) is 18.2 Å². The third-order valence-electron chi connectivity index (χ3n) is 3.08. The Balaban J connectivity index is 2.21. The van der Waals surface area contributed by atoms with Gasteiger partial charge in [0.25, 0.3) is 0 Å². The van der Waals surface area contributed by atoms with Crippen molar-refractivity contribution < 1.29 is 23.0 Å². The highest BCUT2D eigenvalue weighted by Gasteiger charge is 2.27. The summed E-state index contributed by atoms with van der Waals surface area (Å²) in [5.41, 5.74) is -0.0111. The first-order valence-electron chi connectivity index (χ1n) is 5.68. The Morgan fingerprint density at radius 3 is 2.63 bits per heavy atom. The second-order valence-corrected chi connectivity index (χ2v) is 4.34. The molecule has 0 bridgehead atoms. The van der Waals surface area contributed by atoms with E-state index in [1.54, 1.807) is 0 Å². The Kier molecular flexibility index (Phi) is 2.71. The van der Waals surface area contributed by atoms with Gasteiger partial charge in [0, 0.05) is 24.1 Å². The Morgan fingerprint density at radius 1 is 1.05 bits per heavy atom. The quantitative estimate of drug-likeness (QED) is 0.791. The maximum atomic E-state index is 13.7. The summed E-state index contributed by atoms with van der Waals surface area (Å²) < 4.78 is 45.9. The van der Waals surface area contributed by atoms with E-state index in [4.69, 9.17) is 4.74 Å². The molecular weight excluding hydrogens is 257 g/mol. The first-order chi connectivity index (χ1) is 9.06. The molecule has 2 nitrogen and oxygen atoms in total. The predicted octanol–water partition coefficient (Wildman–Crippen LogP) is 3.49. The van der Waals surface area contributed by atoms with E-state index in [2.05, 4.69) is 0 Å². The van der Waals surface area contributed by atoms with E-state index >= 15 is 0 Å². The topological polar surface area (TPSA) is 29.5 Å². The number of ether oxygens (including phenoxy) is 1. The molecular formula is C14H9F3O2. The monoisotopic (exact) mass is 266 g/mol. The molecule has 0 aliphatic carbocycles. The van der Waals surface area contributed by atoms with Crippen molar-refractivity contribution in [2.45, 2.75) is 12.5 Å². The lowest BCUT2D eigenvalue weighted by Gasteiger charge is -2.11. The van der Waals surface area contributed by atoms with Gasteiger partial charge in [-0.15, -0.1) is 0 Å². The highest BCUT2D eigenvalue weighted by atomic mass is 19.1. The van der Waals surface area contributed by atoms with Gasteiger partial charge in [-0.2, -0.15) is 0 Å². The second kappa shape index (κ2) is 4.28. The van der Waals surface area contributed by atoms with Crippen LogP contribution >= 0.6 is 0 Å². The molecule has 98 valence electrons. The highest BCUT2D eigenvalue weighted by molar-refractivity contribution is 5.47. The predicted molar refractivity (Wildman–Crippen MR) is 61.5 cm³/mol. The second-order valence-electron chi connectivity index (χ2n) is 4.34. The number of halogens is 3. The molecule has 1 aliphatic rings. The van der Waals surface area contributed by atoms with Gasteiger partial charge in [-0.1, -0.05) is 6.07 Å². The molecule has 1 atom stereocenters. The number of aliphatic hydroxyl groups is 1. The van der Waals surface area contributed by atoms with Crippen molar-refractivity contribution in [3.8, 4) is 11.5 Å². The number of benzene rings is 2. The van der Waals surface area contributed by atoms with Crippen molar-refractivity contribution in [2.24, 2.45) is 0 Å². The summed E-state index contributed by atoms with van der Waals surface area (Å²) in [5.74, 6) is -2.25. The molecule has 0 amide bonds. The molecule has 0 radical (unpaired) electrons. The summed E-state index contributed by atoms with van der Waals surface area (Å²) in [6, 6.07) is 5.78. The van der Waals surface area contributed by atoms with Gasteiger partial charge in [0.2, 0.25) is 0 Å². The summed E-state index contributed by atoms with van der Waals surface area (Å²) >= 11 is 0. The standard InChI is InChI=1S/C14H9F3O2/c15-7-4-10(17)14-11(18)6-8-9(16)2-1-3-12(8)19-13(14)5-7/h1-5,11,18H,6H2. The molecule has 2 aromatic rings. The van der Waals surface area contributed by atoms with Gasteiger partial charge >= 0.3 is 0 Å². The zero-order valence-corrected chi connectivity index (χ0v) is 9.66. The summed E-state index contributed by atoms with van der Waals surface area (Å²) in [6.45, 7) is 0. The van der Waals surface area contributed by atoms with Crippen LogP contribution in [0, 0.1) is 17.5 Å². The minimum absolute atomic E-state index is 0.127. The van der Waals surface area contributed by atoms with Crippen LogP contribution in [-0.2, 0) is 6.42 Å². The number of hydrogen-bond acceptors (Lipinski definition) is 2. The molecule has 1 unspecified atom stereocenters. The van der Waals surface area contributed by atoms with Gasteiger partial charge < -0.3 is 9.84 Å². The van der Waals surface area contributed by atoms with Crippen molar-refractivity contribution in [1.82, 2.24) is 0 Å². The molecule has 19 heavy (non-hydrogen) atoms. The minimum Gasteiger partial charge on any atom is -0.456 e. The van der Waals surface area contributed by atoms with Crippen LogP contribution in [0.4, 0.5) is 13.2 Å². The van der Waals surface area contributed by atoms with E-state index in [0.717, 1.165) is 6.07 Å². The maximum absolute atomic E-state index is 13.7. The third-order valence-corrected chi connectivity index (χ3v) is 3.08. The van der Waals surface area contributed by atoms with Crippen molar-refractivity contribution >= 4 is 0 Å². The lowest BCUT2D eigenvalue weighted by atomic mass is 10.0. The average Bonchev–Trinajstić information content (AvgIpc) is 2.46. The maximum Gasteiger partial charge on any atom is 0.139 e. The summed E-state index contributed by atoms with van der Waals surface area (Å²) in [6.07, 6.45) is -1.41. The fourth-order valence-corrected chi connectivity index (χ4v) is 2.22. The van der Waals surface area contributed by atoms with Crippen LogP contribution in [0.5, 0.6) is 11.5 Å². The number of aliphatic hydroxyl groups excluding tert-OH is 1. The lowest BCUT2D eigenvalue weighted by Crippen LogP contribution is -2.04. The molecule has 1 heterocycles. The van der Waals surface area contributed by atoms with E-state index in [9.17, 15) is 18.3 Å². The van der Waals surface area contributed by atoms with Gasteiger partial charge in [0.05, 0.1) is 11.7 Å². The van der Waals surface area contributed by atoms with Gasteiger partial charge in [0.1, 0.15) is 29.0 Å². The molecule has 0 spiro atoms. The van der Waals surface area contributed by atoms with Crippen molar-refractivity contribution in [2.75, 3.05) is 0 Å². The van der Waals surface area contributed by atoms with Gasteiger partial charge in [-0.3, -0.25) is 0 Å². The smallest absolute Gasteiger partial charge is 0.139 e. The SMILES string of the molecule is OC1Cc2c(F)cccc2Oc2cc(F)cc(F)c21. The van der Waals surface area contributed by atoms with Crippen LogP contribution in [-0.4, -0.2) is 5.11 Å². The van der Waals surface area contributed by atoms with E-state index in [-0.39, 0.29) is 29.0 Å². The van der Waals surface area contributed by atoms with Crippen LogP contribution in [0.15, 0.2) is 30.3 Å². The average molecular weight is 266 g/mol. The summed E-state index contributed by atoms with van der Waals surface area (Å²) in [4.78, 5) is 0. The molecule has 5 heteroatoms. The first-order valence-corrected chi connectivity index (χ1v) is 5.68. The zero-order chi connectivity index (χ0) is 13.6. The van der Waals surface area contributed by atoms with Crippen LogP contribution in [0.2, 0.25) is 0 Å². The van der Waals surface area contributed by atoms with E-state index in [0.29, 0.717) is 6.07 Å². The van der Waals surface area contributed by atoms with Crippen LogP contribution < -0.4 is 4.74 Å². The minimum atomic E-state index is -1.28. The highest BCUT2D eigenvalue weighted by Crippen LogP contribution is 2.40. The van der Waals surface area contributed by atoms with Crippen LogP contribution in [0.25, 0.3) is 0 Å². The van der Waals surface area contributed by atoms with E-state index < -0.39 is 23.6 Å². The molecule has 1 N–H and O–H groups in total. The summed E-state index contributed by atoms with van der Waals surface area (Å²) in [7, 11) is 0. The lowest BCUT2D eigenvalue weighted by molar-refractivity contribution is 0.172. The van der Waals surface area contributed by atoms with Crippen LogP contribution in [0.1, 0.15) is 17.2 Å². The van der Waals surface area contributed by atoms with E-state index in [1.807, 2.05) is 0 Å². The van der Waals surface area contributed by atoms with Gasteiger partial charge in [-0.25, -0.2) is 13.2 Å². The Morgan fingerprint density at radius 2 is 1.84 bits per heavy atom. The molecule has 3 rings (SSSR count). The summed E-state index contributed by atoms with van der Waals surface area (Å²) in [5, 5.41) is 9.98. The molecule has 1 aliphatic heterocycles. The number of rotatable bonds is 0. The van der Waals surface area contributed by atoms with Crippen LogP contribution in [0.3, 0.4) is 0 Å². The van der Waals surface area contributed by atoms with Crippen molar-refractivity contribution in [1.29, 1.82) is 0 Å². The van der Waals surface area contributed by atoms with Crippen molar-refractivity contribution in [3.63, 3.8) is 0 Å². The largest absolute Gasteiger partial charge is 0.456 e. The molecule has 0 saturated heterocycles. The Labute approximate surface area is 107 Å². The Bertz CT molecular complexity index is 655. The molecule has 0 fully saturated rings.